The number of hydrogen-bond donors (Lipinski definition) is 1. The van der Waals surface area contributed by atoms with Gasteiger partial charge in [-0.15, -0.1) is 0 Å². The zero-order valence-corrected chi connectivity index (χ0v) is 14.7. The van der Waals surface area contributed by atoms with E-state index < -0.39 is 0 Å². The summed E-state index contributed by atoms with van der Waals surface area (Å²) in [5.41, 5.74) is 1.35. The van der Waals surface area contributed by atoms with Crippen LogP contribution in [0.15, 0.2) is 53.3 Å². The van der Waals surface area contributed by atoms with Gasteiger partial charge in [-0.2, -0.15) is 0 Å². The van der Waals surface area contributed by atoms with Gasteiger partial charge in [-0.05, 0) is 77.7 Å². The van der Waals surface area contributed by atoms with Crippen LogP contribution in [0, 0.1) is 3.57 Å². The van der Waals surface area contributed by atoms with Gasteiger partial charge in [0.25, 0.3) is 5.56 Å². The van der Waals surface area contributed by atoms with E-state index in [1.54, 1.807) is 10.6 Å². The molecule has 6 heteroatoms. The first-order chi connectivity index (χ1) is 10.6. The Balaban J connectivity index is 2.37. The highest BCUT2D eigenvalue weighted by Gasteiger charge is 2.17. The van der Waals surface area contributed by atoms with Gasteiger partial charge >= 0.3 is 0 Å². The van der Waals surface area contributed by atoms with Crippen LogP contribution in [0.5, 0.6) is 0 Å². The van der Waals surface area contributed by atoms with Gasteiger partial charge in [0.05, 0.1) is 22.6 Å². The SMILES string of the molecule is CC(NCl)c1nc2ccccc2c(=O)n1-c1ccc(I)cc1. The molecule has 0 fully saturated rings. The van der Waals surface area contributed by atoms with Crippen molar-refractivity contribution in [1.82, 2.24) is 14.4 Å². The third-order valence-electron chi connectivity index (χ3n) is 3.44. The zero-order chi connectivity index (χ0) is 15.7. The second-order valence-electron chi connectivity index (χ2n) is 4.93. The van der Waals surface area contributed by atoms with E-state index in [0.717, 1.165) is 9.26 Å². The Bertz CT molecular complexity index is 877. The van der Waals surface area contributed by atoms with Crippen molar-refractivity contribution in [2.24, 2.45) is 0 Å². The normalized spacial score (nSPS) is 12.5. The number of benzene rings is 2. The lowest BCUT2D eigenvalue weighted by molar-refractivity contribution is 0.652. The summed E-state index contributed by atoms with van der Waals surface area (Å²) in [6.45, 7) is 1.87. The maximum atomic E-state index is 12.9. The fourth-order valence-corrected chi connectivity index (χ4v) is 2.79. The van der Waals surface area contributed by atoms with E-state index in [2.05, 4.69) is 32.4 Å². The molecule has 22 heavy (non-hydrogen) atoms. The molecule has 0 amide bonds. The highest BCUT2D eigenvalue weighted by molar-refractivity contribution is 14.1. The Morgan fingerprint density at radius 3 is 2.55 bits per heavy atom. The monoisotopic (exact) mass is 425 g/mol. The van der Waals surface area contributed by atoms with Gasteiger partial charge in [-0.1, -0.05) is 12.1 Å². The van der Waals surface area contributed by atoms with Crippen LogP contribution in [0.4, 0.5) is 0 Å². The molecular weight excluding hydrogens is 413 g/mol. The fraction of sp³-hybridized carbons (Fsp3) is 0.125. The minimum Gasteiger partial charge on any atom is -0.268 e. The molecule has 3 rings (SSSR count). The summed E-state index contributed by atoms with van der Waals surface area (Å²) in [6, 6.07) is 14.8. The molecule has 0 saturated carbocycles. The van der Waals surface area contributed by atoms with E-state index in [1.807, 2.05) is 49.4 Å². The van der Waals surface area contributed by atoms with Gasteiger partial charge in [0, 0.05) is 3.57 Å². The Labute approximate surface area is 146 Å². The number of aromatic nitrogens is 2. The van der Waals surface area contributed by atoms with Crippen LogP contribution in [0.1, 0.15) is 18.8 Å². The Hall–Kier alpha value is -1.44. The molecule has 1 aromatic heterocycles. The van der Waals surface area contributed by atoms with Crippen molar-refractivity contribution >= 4 is 45.3 Å². The molecule has 0 aliphatic rings. The first-order valence-corrected chi connectivity index (χ1v) is 8.21. The molecule has 4 nitrogen and oxygen atoms in total. The van der Waals surface area contributed by atoms with Crippen molar-refractivity contribution in [3.63, 3.8) is 0 Å². The molecule has 3 aromatic rings. The molecule has 0 aliphatic heterocycles. The van der Waals surface area contributed by atoms with Crippen molar-refractivity contribution in [3.8, 4) is 5.69 Å². The van der Waals surface area contributed by atoms with Gasteiger partial charge < -0.3 is 0 Å². The van der Waals surface area contributed by atoms with Crippen LogP contribution in [0.25, 0.3) is 16.6 Å². The summed E-state index contributed by atoms with van der Waals surface area (Å²) in [4.78, 5) is 20.2. The van der Waals surface area contributed by atoms with Crippen molar-refractivity contribution in [1.29, 1.82) is 0 Å². The average Bonchev–Trinajstić information content (AvgIpc) is 2.55. The highest BCUT2D eigenvalue weighted by Crippen LogP contribution is 2.19. The molecule has 0 bridgehead atoms. The topological polar surface area (TPSA) is 46.9 Å². The summed E-state index contributed by atoms with van der Waals surface area (Å²) < 4.78 is 2.71. The number of nitrogens with one attached hydrogen (secondary N) is 1. The van der Waals surface area contributed by atoms with E-state index in [-0.39, 0.29) is 11.6 Å². The van der Waals surface area contributed by atoms with Crippen LogP contribution in [-0.4, -0.2) is 9.55 Å². The summed E-state index contributed by atoms with van der Waals surface area (Å²) in [5.74, 6) is 0.583. The van der Waals surface area contributed by atoms with Crippen molar-refractivity contribution < 1.29 is 0 Å². The van der Waals surface area contributed by atoms with E-state index >= 15 is 0 Å². The van der Waals surface area contributed by atoms with E-state index in [1.165, 1.54) is 0 Å². The maximum absolute atomic E-state index is 12.9. The molecule has 0 spiro atoms. The second kappa shape index (κ2) is 6.36. The Morgan fingerprint density at radius 2 is 1.86 bits per heavy atom. The van der Waals surface area contributed by atoms with Crippen LogP contribution in [0.3, 0.4) is 0 Å². The lowest BCUT2D eigenvalue weighted by atomic mass is 10.2. The number of nitrogens with zero attached hydrogens (tertiary/aromatic N) is 2. The molecule has 0 aliphatic carbocycles. The minimum atomic E-state index is -0.266. The van der Waals surface area contributed by atoms with Crippen LogP contribution in [-0.2, 0) is 0 Å². The number of hydrogen-bond acceptors (Lipinski definition) is 3. The van der Waals surface area contributed by atoms with Crippen LogP contribution < -0.4 is 10.4 Å². The first kappa shape index (κ1) is 15.5. The standard InChI is InChI=1S/C16H13ClIN3O/c1-10(20-17)15-19-14-5-3-2-4-13(14)16(22)21(15)12-8-6-11(18)7-9-12/h2-10,20H,1H3. The van der Waals surface area contributed by atoms with Crippen molar-refractivity contribution in [2.45, 2.75) is 13.0 Å². The van der Waals surface area contributed by atoms with E-state index in [0.29, 0.717) is 16.7 Å². The fourth-order valence-electron chi connectivity index (χ4n) is 2.33. The highest BCUT2D eigenvalue weighted by atomic mass is 127. The van der Waals surface area contributed by atoms with Crippen molar-refractivity contribution in [2.75, 3.05) is 0 Å². The summed E-state index contributed by atoms with van der Waals surface area (Å²) in [6.07, 6.45) is 0. The second-order valence-corrected chi connectivity index (χ2v) is 6.40. The summed E-state index contributed by atoms with van der Waals surface area (Å²) in [5, 5.41) is 0.589. The van der Waals surface area contributed by atoms with Gasteiger partial charge in [0.15, 0.2) is 0 Å². The first-order valence-electron chi connectivity index (χ1n) is 6.75. The quantitative estimate of drug-likeness (QED) is 0.513. The molecule has 1 heterocycles. The number of halogens is 2. The molecule has 0 saturated heterocycles. The molecule has 0 radical (unpaired) electrons. The molecule has 112 valence electrons. The molecule has 1 N–H and O–H groups in total. The third-order valence-corrected chi connectivity index (χ3v) is 4.48. The van der Waals surface area contributed by atoms with E-state index in [9.17, 15) is 4.79 Å². The lowest BCUT2D eigenvalue weighted by Crippen LogP contribution is -2.27. The van der Waals surface area contributed by atoms with Gasteiger partial charge in [-0.25, -0.2) is 9.82 Å². The van der Waals surface area contributed by atoms with Gasteiger partial charge in [0.1, 0.15) is 5.82 Å². The zero-order valence-electron chi connectivity index (χ0n) is 11.8. The molecular formula is C16H13ClIN3O. The Morgan fingerprint density at radius 1 is 1.18 bits per heavy atom. The largest absolute Gasteiger partial charge is 0.268 e. The minimum absolute atomic E-state index is 0.0967. The predicted molar refractivity (Wildman–Crippen MR) is 97.5 cm³/mol. The summed E-state index contributed by atoms with van der Waals surface area (Å²) in [7, 11) is 0. The summed E-state index contributed by atoms with van der Waals surface area (Å²) >= 11 is 8.00. The maximum Gasteiger partial charge on any atom is 0.266 e. The smallest absolute Gasteiger partial charge is 0.266 e. The lowest BCUT2D eigenvalue weighted by Gasteiger charge is -2.17. The number of rotatable bonds is 3. The predicted octanol–water partition coefficient (Wildman–Crippen LogP) is 3.79. The van der Waals surface area contributed by atoms with Crippen molar-refractivity contribution in [3.05, 3.63) is 68.3 Å². The van der Waals surface area contributed by atoms with Crippen LogP contribution >= 0.6 is 34.4 Å². The molecule has 2 aromatic carbocycles. The number of fused-ring (bicyclic) bond motifs is 1. The van der Waals surface area contributed by atoms with Gasteiger partial charge in [0.2, 0.25) is 0 Å². The molecule has 1 atom stereocenters. The van der Waals surface area contributed by atoms with Gasteiger partial charge in [-0.3, -0.25) is 9.36 Å². The molecule has 1 unspecified atom stereocenters. The average molecular weight is 426 g/mol. The Kier molecular flexibility index (Phi) is 4.46. The number of para-hydroxylation sites is 1. The van der Waals surface area contributed by atoms with Crippen LogP contribution in [0.2, 0.25) is 0 Å². The van der Waals surface area contributed by atoms with E-state index in [4.69, 9.17) is 11.8 Å². The third kappa shape index (κ3) is 2.76.